The highest BCUT2D eigenvalue weighted by molar-refractivity contribution is 5.85. The lowest BCUT2D eigenvalue weighted by Gasteiger charge is -2.16. The van der Waals surface area contributed by atoms with Crippen LogP contribution in [0.1, 0.15) is 50.8 Å². The Balaban J connectivity index is 1.67. The van der Waals surface area contributed by atoms with Crippen molar-refractivity contribution >= 4 is 16.5 Å². The average molecular weight is 481 g/mol. The molecule has 0 fully saturated rings. The summed E-state index contributed by atoms with van der Waals surface area (Å²) in [4.78, 5) is 8.73. The monoisotopic (exact) mass is 480 g/mol. The van der Waals surface area contributed by atoms with E-state index in [9.17, 15) is 0 Å². The van der Waals surface area contributed by atoms with Gasteiger partial charge in [0.1, 0.15) is 0 Å². The van der Waals surface area contributed by atoms with Crippen molar-refractivity contribution in [2.45, 2.75) is 46.0 Å². The molecule has 2 heterocycles. The van der Waals surface area contributed by atoms with Crippen molar-refractivity contribution in [1.82, 2.24) is 15.6 Å². The van der Waals surface area contributed by atoms with Gasteiger partial charge in [-0.15, -0.1) is 0 Å². The van der Waals surface area contributed by atoms with E-state index in [2.05, 4.69) is 103 Å². The van der Waals surface area contributed by atoms with E-state index in [1.165, 1.54) is 44.1 Å². The van der Waals surface area contributed by atoms with Crippen LogP contribution in [0.15, 0.2) is 88.6 Å². The van der Waals surface area contributed by atoms with Gasteiger partial charge in [-0.05, 0) is 96.6 Å². The topological polar surface area (TPSA) is 52.2 Å². The molecule has 1 atom stereocenters. The summed E-state index contributed by atoms with van der Waals surface area (Å²) in [5, 5.41) is 10.3. The van der Waals surface area contributed by atoms with Crippen LogP contribution in [0.4, 0.5) is 0 Å². The van der Waals surface area contributed by atoms with Gasteiger partial charge in [-0.2, -0.15) is 0 Å². The Bertz CT molecular complexity index is 1410. The van der Waals surface area contributed by atoms with Gasteiger partial charge in [-0.3, -0.25) is 0 Å². The van der Waals surface area contributed by atoms with Gasteiger partial charge in [0.25, 0.3) is 0 Å². The Morgan fingerprint density at radius 2 is 1.67 bits per heavy atom. The van der Waals surface area contributed by atoms with Gasteiger partial charge in [0.2, 0.25) is 0 Å². The first-order valence-corrected chi connectivity index (χ1v) is 13.1. The first-order valence-electron chi connectivity index (χ1n) is 13.1. The number of allylic oxidation sites excluding steroid dienone is 6. The minimum Gasteiger partial charge on any atom is -0.358 e. The van der Waals surface area contributed by atoms with E-state index in [0.29, 0.717) is 5.92 Å². The van der Waals surface area contributed by atoms with Crippen LogP contribution in [0.5, 0.6) is 0 Å². The molecular formula is C32H40N4. The van der Waals surface area contributed by atoms with Crippen LogP contribution in [-0.2, 0) is 6.42 Å². The Labute approximate surface area is 215 Å². The quantitative estimate of drug-likeness (QED) is 0.327. The maximum absolute atomic E-state index is 4.95. The highest BCUT2D eigenvalue weighted by Gasteiger charge is 2.19. The van der Waals surface area contributed by atoms with Crippen molar-refractivity contribution in [3.8, 4) is 0 Å². The zero-order chi connectivity index (χ0) is 25.5. The number of hydrogen-bond acceptors (Lipinski definition) is 3. The van der Waals surface area contributed by atoms with Crippen LogP contribution in [0, 0.1) is 0 Å². The van der Waals surface area contributed by atoms with Gasteiger partial charge in [0.15, 0.2) is 0 Å². The standard InChI is InChI=1S/C32H40N4/c1-22(2)20-24(32-28(17-19-34-5)26-11-7-9-13-30(26)36-32)21-23(3)14-15-31-27(16-18-33-4)25-10-6-8-12-29(25)35-31/h6-15,20,24,33-34,36H,16-19,21H2,1-5H3/b23-14-,31-15+/t24-/m0/s1. The largest absolute Gasteiger partial charge is 0.358 e. The van der Waals surface area contributed by atoms with E-state index in [0.717, 1.165) is 43.4 Å². The van der Waals surface area contributed by atoms with Gasteiger partial charge in [-0.1, -0.05) is 59.7 Å². The minimum absolute atomic E-state index is 0.300. The van der Waals surface area contributed by atoms with Crippen molar-refractivity contribution in [3.05, 3.63) is 105 Å². The van der Waals surface area contributed by atoms with Crippen molar-refractivity contribution < 1.29 is 0 Å². The second-order valence-corrected chi connectivity index (χ2v) is 10.00. The number of nitrogens with one attached hydrogen (secondary N) is 3. The Kier molecular flexibility index (Phi) is 8.74. The van der Waals surface area contributed by atoms with Gasteiger partial charge >= 0.3 is 0 Å². The van der Waals surface area contributed by atoms with Crippen LogP contribution in [0.25, 0.3) is 16.5 Å². The molecule has 0 saturated carbocycles. The zero-order valence-corrected chi connectivity index (χ0v) is 22.4. The molecule has 1 aliphatic rings. The number of hydrogen-bond donors (Lipinski definition) is 3. The first-order chi connectivity index (χ1) is 17.5. The van der Waals surface area contributed by atoms with Crippen molar-refractivity contribution in [2.24, 2.45) is 4.99 Å². The molecule has 0 aliphatic carbocycles. The minimum atomic E-state index is 0.300. The summed E-state index contributed by atoms with van der Waals surface area (Å²) in [6.45, 7) is 8.54. The van der Waals surface area contributed by atoms with Gasteiger partial charge < -0.3 is 15.6 Å². The zero-order valence-electron chi connectivity index (χ0n) is 22.4. The number of fused-ring (bicyclic) bond motifs is 2. The Morgan fingerprint density at radius 3 is 2.44 bits per heavy atom. The van der Waals surface area contributed by atoms with Crippen LogP contribution >= 0.6 is 0 Å². The molecule has 0 amide bonds. The third-order valence-corrected chi connectivity index (χ3v) is 6.85. The second kappa shape index (κ2) is 12.2. The molecule has 0 bridgehead atoms. The molecule has 0 spiro atoms. The lowest BCUT2D eigenvalue weighted by atomic mass is 9.90. The van der Waals surface area contributed by atoms with Crippen LogP contribution in [0.3, 0.4) is 0 Å². The van der Waals surface area contributed by atoms with Crippen LogP contribution in [0.2, 0.25) is 0 Å². The lowest BCUT2D eigenvalue weighted by Crippen LogP contribution is -2.23. The number of benzene rings is 2. The molecule has 3 aromatic rings. The molecule has 4 rings (SSSR count). The summed E-state index contributed by atoms with van der Waals surface area (Å²) in [6.07, 6.45) is 9.85. The molecule has 4 nitrogen and oxygen atoms in total. The van der Waals surface area contributed by atoms with Crippen LogP contribution < -0.4 is 21.2 Å². The number of aromatic amines is 1. The van der Waals surface area contributed by atoms with Crippen molar-refractivity contribution in [1.29, 1.82) is 0 Å². The van der Waals surface area contributed by atoms with Crippen LogP contribution in [-0.4, -0.2) is 32.2 Å². The molecule has 4 heteroatoms. The summed E-state index contributed by atoms with van der Waals surface area (Å²) in [6, 6.07) is 17.2. The number of rotatable bonds is 11. The number of aromatic nitrogens is 1. The molecule has 0 radical (unpaired) electrons. The fraction of sp³-hybridized carbons (Fsp3) is 0.344. The maximum Gasteiger partial charge on any atom is 0.0712 e. The molecule has 0 saturated heterocycles. The SMILES string of the molecule is CNCCC1=c2ccccc2=N/C1=C/C=C(/C)C[C@H](C=C(C)C)c1[nH]c2ccccc2c1CCNC. The van der Waals surface area contributed by atoms with E-state index in [4.69, 9.17) is 4.99 Å². The summed E-state index contributed by atoms with van der Waals surface area (Å²) >= 11 is 0. The van der Waals surface area contributed by atoms with E-state index in [-0.39, 0.29) is 0 Å². The fourth-order valence-corrected chi connectivity index (χ4v) is 5.15. The predicted molar refractivity (Wildman–Crippen MR) is 154 cm³/mol. The third kappa shape index (κ3) is 5.95. The first kappa shape index (κ1) is 25.9. The maximum atomic E-state index is 4.95. The number of H-pyrrole nitrogens is 1. The smallest absolute Gasteiger partial charge is 0.0712 e. The molecule has 0 unspecified atom stereocenters. The van der Waals surface area contributed by atoms with Crippen molar-refractivity contribution in [2.75, 3.05) is 27.2 Å². The van der Waals surface area contributed by atoms with E-state index in [1.54, 1.807) is 0 Å². The Hall–Kier alpha value is -3.21. The molecule has 1 aliphatic heterocycles. The molecule has 188 valence electrons. The van der Waals surface area contributed by atoms with Gasteiger partial charge in [0.05, 0.1) is 11.1 Å². The van der Waals surface area contributed by atoms with Gasteiger partial charge in [0, 0.05) is 27.7 Å². The van der Waals surface area contributed by atoms with Gasteiger partial charge in [-0.25, -0.2) is 4.99 Å². The Morgan fingerprint density at radius 1 is 0.944 bits per heavy atom. The second-order valence-electron chi connectivity index (χ2n) is 10.00. The third-order valence-electron chi connectivity index (χ3n) is 6.85. The molecule has 36 heavy (non-hydrogen) atoms. The summed E-state index contributed by atoms with van der Waals surface area (Å²) in [5.41, 5.74) is 9.10. The van der Waals surface area contributed by atoms with E-state index < -0.39 is 0 Å². The summed E-state index contributed by atoms with van der Waals surface area (Å²) in [7, 11) is 4.03. The predicted octanol–water partition coefficient (Wildman–Crippen LogP) is 5.29. The molecule has 3 N–H and O–H groups in total. The molecular weight excluding hydrogens is 440 g/mol. The lowest BCUT2D eigenvalue weighted by molar-refractivity contribution is 0.752. The number of nitrogens with zero attached hydrogens (tertiary/aromatic N) is 1. The molecule has 2 aromatic carbocycles. The number of likely N-dealkylation sites (N-methyl/N-ethyl adjacent to an activating group) is 1. The van der Waals surface area contributed by atoms with E-state index >= 15 is 0 Å². The summed E-state index contributed by atoms with van der Waals surface area (Å²) in [5.74, 6) is 0.300. The fourth-order valence-electron chi connectivity index (χ4n) is 5.15. The normalized spacial score (nSPS) is 15.3. The van der Waals surface area contributed by atoms with Crippen molar-refractivity contribution in [3.63, 3.8) is 0 Å². The van der Waals surface area contributed by atoms with E-state index in [1.807, 2.05) is 14.1 Å². The highest BCUT2D eigenvalue weighted by Crippen LogP contribution is 2.33. The average Bonchev–Trinajstić information content (AvgIpc) is 3.42. The summed E-state index contributed by atoms with van der Waals surface area (Å²) < 4.78 is 0. The number of para-hydroxylation sites is 2. The highest BCUT2D eigenvalue weighted by atomic mass is 14.8. The molecule has 1 aromatic heterocycles.